The predicted octanol–water partition coefficient (Wildman–Crippen LogP) is 0.862. The Morgan fingerprint density at radius 1 is 1.47 bits per heavy atom. The number of carboxylic acids is 1. The van der Waals surface area contributed by atoms with E-state index >= 15 is 0 Å². The molecule has 0 aliphatic rings. The average molecular weight is 242 g/mol. The van der Waals surface area contributed by atoms with Crippen LogP contribution < -0.4 is 5.32 Å². The zero-order chi connectivity index (χ0) is 13.6. The van der Waals surface area contributed by atoms with Crippen molar-refractivity contribution in [3.63, 3.8) is 0 Å². The Morgan fingerprint density at radius 3 is 2.35 bits per heavy atom. The number of amides is 1. The molecule has 0 radical (unpaired) electrons. The summed E-state index contributed by atoms with van der Waals surface area (Å²) in [6.07, 6.45) is 1.59. The number of hydrogen-bond donors (Lipinski definition) is 2. The molecule has 0 aromatic heterocycles. The van der Waals surface area contributed by atoms with Gasteiger partial charge in [0, 0.05) is 12.1 Å². The largest absolute Gasteiger partial charge is 0.480 e. The lowest BCUT2D eigenvalue weighted by Crippen LogP contribution is -2.54. The van der Waals surface area contributed by atoms with Crippen LogP contribution in [0.4, 0.5) is 0 Å². The third-order valence-electron chi connectivity index (χ3n) is 2.43. The fraction of sp³-hybridized carbons (Fsp3) is 0.667. The highest BCUT2D eigenvalue weighted by Gasteiger charge is 2.31. The van der Waals surface area contributed by atoms with Gasteiger partial charge in [-0.15, -0.1) is 6.58 Å². The molecule has 0 saturated heterocycles. The lowest BCUT2D eigenvalue weighted by molar-refractivity contribution is -0.142. The van der Waals surface area contributed by atoms with E-state index in [1.165, 1.54) is 0 Å². The second-order valence-electron chi connectivity index (χ2n) is 4.90. The summed E-state index contributed by atoms with van der Waals surface area (Å²) in [6.45, 7) is 11.1. The molecule has 98 valence electrons. The lowest BCUT2D eigenvalue weighted by Gasteiger charge is -2.38. The van der Waals surface area contributed by atoms with Crippen molar-refractivity contribution in [2.24, 2.45) is 0 Å². The van der Waals surface area contributed by atoms with Gasteiger partial charge >= 0.3 is 5.97 Å². The van der Waals surface area contributed by atoms with Crippen LogP contribution in [0, 0.1) is 0 Å². The van der Waals surface area contributed by atoms with Crippen LogP contribution in [0.15, 0.2) is 12.7 Å². The second-order valence-corrected chi connectivity index (χ2v) is 4.90. The zero-order valence-electron chi connectivity index (χ0n) is 11.0. The van der Waals surface area contributed by atoms with Gasteiger partial charge in [-0.3, -0.25) is 14.5 Å². The third-order valence-corrected chi connectivity index (χ3v) is 2.43. The molecule has 1 amide bonds. The number of nitrogens with zero attached hydrogens (tertiary/aromatic N) is 1. The minimum absolute atomic E-state index is 0.161. The van der Waals surface area contributed by atoms with Crippen molar-refractivity contribution in [2.75, 3.05) is 13.1 Å². The molecule has 0 saturated carbocycles. The molecule has 0 spiro atoms. The van der Waals surface area contributed by atoms with Gasteiger partial charge in [0.05, 0.1) is 12.6 Å². The number of carboxylic acid groups (broad SMARTS) is 1. The number of carbonyl (C=O) groups is 2. The molecule has 0 rings (SSSR count). The van der Waals surface area contributed by atoms with Crippen molar-refractivity contribution in [1.82, 2.24) is 10.2 Å². The standard InChI is InChI=1S/C12H22N2O3/c1-6-7-13-11(17)9(2)14(8-10(15)16)12(3,4)5/h6,9H,1,7-8H2,2-5H3,(H,13,17)(H,15,16). The molecule has 1 atom stereocenters. The van der Waals surface area contributed by atoms with Crippen molar-refractivity contribution in [2.45, 2.75) is 39.3 Å². The third kappa shape index (κ3) is 5.49. The van der Waals surface area contributed by atoms with Crippen LogP contribution in [0.1, 0.15) is 27.7 Å². The molecule has 0 aliphatic carbocycles. The van der Waals surface area contributed by atoms with Gasteiger partial charge in [0.1, 0.15) is 0 Å². The molecule has 5 nitrogen and oxygen atoms in total. The van der Waals surface area contributed by atoms with Crippen LogP contribution in [0.2, 0.25) is 0 Å². The van der Waals surface area contributed by atoms with Gasteiger partial charge in [0.25, 0.3) is 0 Å². The van der Waals surface area contributed by atoms with E-state index in [0.717, 1.165) is 0 Å². The first-order valence-electron chi connectivity index (χ1n) is 5.57. The van der Waals surface area contributed by atoms with Crippen molar-refractivity contribution in [1.29, 1.82) is 0 Å². The average Bonchev–Trinajstić information content (AvgIpc) is 2.19. The Balaban J connectivity index is 4.74. The molecule has 0 aromatic carbocycles. The molecule has 2 N–H and O–H groups in total. The summed E-state index contributed by atoms with van der Waals surface area (Å²) in [7, 11) is 0. The number of carbonyl (C=O) groups excluding carboxylic acids is 1. The van der Waals surface area contributed by atoms with E-state index in [9.17, 15) is 9.59 Å². The molecule has 0 fully saturated rings. The van der Waals surface area contributed by atoms with E-state index in [1.807, 2.05) is 20.8 Å². The molecule has 0 heterocycles. The maximum atomic E-state index is 11.8. The van der Waals surface area contributed by atoms with E-state index in [0.29, 0.717) is 6.54 Å². The van der Waals surface area contributed by atoms with Crippen molar-refractivity contribution in [3.05, 3.63) is 12.7 Å². The quantitative estimate of drug-likeness (QED) is 0.678. The van der Waals surface area contributed by atoms with Crippen molar-refractivity contribution >= 4 is 11.9 Å². The first kappa shape index (κ1) is 15.6. The number of nitrogens with one attached hydrogen (secondary N) is 1. The molecule has 0 aromatic rings. The van der Waals surface area contributed by atoms with Gasteiger partial charge < -0.3 is 10.4 Å². The highest BCUT2D eigenvalue weighted by atomic mass is 16.4. The topological polar surface area (TPSA) is 69.6 Å². The van der Waals surface area contributed by atoms with E-state index in [2.05, 4.69) is 11.9 Å². The monoisotopic (exact) mass is 242 g/mol. The number of hydrogen-bond acceptors (Lipinski definition) is 3. The summed E-state index contributed by atoms with van der Waals surface area (Å²) in [5.74, 6) is -1.13. The van der Waals surface area contributed by atoms with E-state index in [1.54, 1.807) is 17.9 Å². The first-order valence-corrected chi connectivity index (χ1v) is 5.57. The highest BCUT2D eigenvalue weighted by molar-refractivity contribution is 5.82. The summed E-state index contributed by atoms with van der Waals surface area (Å²) in [5.41, 5.74) is -0.386. The molecule has 0 bridgehead atoms. The predicted molar refractivity (Wildman–Crippen MR) is 66.8 cm³/mol. The summed E-state index contributed by atoms with van der Waals surface area (Å²) in [4.78, 5) is 24.2. The lowest BCUT2D eigenvalue weighted by atomic mass is 10.0. The maximum absolute atomic E-state index is 11.8. The maximum Gasteiger partial charge on any atom is 0.317 e. The molecular formula is C12H22N2O3. The molecular weight excluding hydrogens is 220 g/mol. The van der Waals surface area contributed by atoms with Crippen LogP contribution in [-0.4, -0.2) is 46.6 Å². The van der Waals surface area contributed by atoms with Crippen molar-refractivity contribution in [3.8, 4) is 0 Å². The van der Waals surface area contributed by atoms with Gasteiger partial charge in [-0.05, 0) is 27.7 Å². The minimum Gasteiger partial charge on any atom is -0.480 e. The molecule has 1 unspecified atom stereocenters. The van der Waals surface area contributed by atoms with E-state index in [4.69, 9.17) is 5.11 Å². The summed E-state index contributed by atoms with van der Waals surface area (Å²) >= 11 is 0. The molecule has 0 aliphatic heterocycles. The molecule has 17 heavy (non-hydrogen) atoms. The van der Waals surface area contributed by atoms with Gasteiger partial charge in [0.15, 0.2) is 0 Å². The highest BCUT2D eigenvalue weighted by Crippen LogP contribution is 2.16. The Morgan fingerprint density at radius 2 is 2.00 bits per heavy atom. The van der Waals surface area contributed by atoms with Crippen LogP contribution in [0.5, 0.6) is 0 Å². The Hall–Kier alpha value is -1.36. The number of rotatable bonds is 6. The molecule has 5 heteroatoms. The summed E-state index contributed by atoms with van der Waals surface area (Å²) < 4.78 is 0. The van der Waals surface area contributed by atoms with E-state index in [-0.39, 0.29) is 18.0 Å². The smallest absolute Gasteiger partial charge is 0.317 e. The first-order chi connectivity index (χ1) is 7.70. The van der Waals surface area contributed by atoms with Crippen molar-refractivity contribution < 1.29 is 14.7 Å². The minimum atomic E-state index is -0.941. The SMILES string of the molecule is C=CCNC(=O)C(C)N(CC(=O)O)C(C)(C)C. The van der Waals surface area contributed by atoms with Gasteiger partial charge in [-0.25, -0.2) is 0 Å². The fourth-order valence-corrected chi connectivity index (χ4v) is 1.56. The second kappa shape index (κ2) is 6.39. The van der Waals surface area contributed by atoms with Gasteiger partial charge in [0.2, 0.25) is 5.91 Å². The zero-order valence-corrected chi connectivity index (χ0v) is 11.0. The summed E-state index contributed by atoms with van der Waals surface area (Å²) in [5, 5.41) is 11.5. The van der Waals surface area contributed by atoms with Crippen LogP contribution >= 0.6 is 0 Å². The fourth-order valence-electron chi connectivity index (χ4n) is 1.56. The normalized spacial score (nSPS) is 13.2. The Bertz CT molecular complexity index is 295. The summed E-state index contributed by atoms with van der Waals surface area (Å²) in [6, 6.07) is -0.494. The van der Waals surface area contributed by atoms with Crippen LogP contribution in [0.3, 0.4) is 0 Å². The van der Waals surface area contributed by atoms with Crippen LogP contribution in [-0.2, 0) is 9.59 Å². The van der Waals surface area contributed by atoms with E-state index < -0.39 is 12.0 Å². The van der Waals surface area contributed by atoms with Crippen LogP contribution in [0.25, 0.3) is 0 Å². The van der Waals surface area contributed by atoms with Gasteiger partial charge in [-0.2, -0.15) is 0 Å². The Labute approximate surface area is 102 Å². The number of aliphatic carboxylic acids is 1. The Kier molecular flexibility index (Phi) is 5.88. The van der Waals surface area contributed by atoms with Gasteiger partial charge in [-0.1, -0.05) is 6.08 Å².